The predicted octanol–water partition coefficient (Wildman–Crippen LogP) is 4.21. The smallest absolute Gasteiger partial charge is 0.201 e. The van der Waals surface area contributed by atoms with Gasteiger partial charge < -0.3 is 0 Å². The second-order valence-electron chi connectivity index (χ2n) is 7.55. The van der Waals surface area contributed by atoms with Crippen molar-refractivity contribution >= 4 is 16.7 Å². The van der Waals surface area contributed by atoms with Gasteiger partial charge in [0.1, 0.15) is 5.71 Å². The Hall–Kier alpha value is -2.76. The maximum atomic E-state index is 13.9. The van der Waals surface area contributed by atoms with Crippen molar-refractivity contribution < 1.29 is 8.78 Å². The SMILES string of the molecule is CC1(C)N=C(c2nnc3c(F)c(F)ccc3n2)c2ccccc2C1(C)C. The zero-order chi connectivity index (χ0) is 18.7. The molecule has 132 valence electrons. The molecule has 0 fully saturated rings. The second-order valence-corrected chi connectivity index (χ2v) is 7.55. The Morgan fingerprint density at radius 3 is 2.38 bits per heavy atom. The van der Waals surface area contributed by atoms with Crippen molar-refractivity contribution in [3.63, 3.8) is 0 Å². The summed E-state index contributed by atoms with van der Waals surface area (Å²) < 4.78 is 27.3. The van der Waals surface area contributed by atoms with Gasteiger partial charge in [0.25, 0.3) is 0 Å². The molecule has 6 heteroatoms. The first kappa shape index (κ1) is 16.7. The summed E-state index contributed by atoms with van der Waals surface area (Å²) in [5, 5.41) is 7.91. The fraction of sp³-hybridized carbons (Fsp3) is 0.300. The molecular weight excluding hydrogens is 334 g/mol. The van der Waals surface area contributed by atoms with Crippen LogP contribution in [0.3, 0.4) is 0 Å². The summed E-state index contributed by atoms with van der Waals surface area (Å²) in [4.78, 5) is 9.31. The molecule has 4 nitrogen and oxygen atoms in total. The van der Waals surface area contributed by atoms with Gasteiger partial charge in [-0.25, -0.2) is 13.8 Å². The fourth-order valence-electron chi connectivity index (χ4n) is 3.26. The van der Waals surface area contributed by atoms with Crippen molar-refractivity contribution in [2.75, 3.05) is 0 Å². The standard InChI is InChI=1S/C20H18F2N4/c1-19(2)12-8-6-5-7-11(12)16(24-20(19,3)4)18-23-14-10-9-13(21)15(22)17(14)25-26-18/h5-10H,1-4H3. The van der Waals surface area contributed by atoms with E-state index in [4.69, 9.17) is 4.99 Å². The fourth-order valence-corrected chi connectivity index (χ4v) is 3.26. The van der Waals surface area contributed by atoms with Crippen molar-refractivity contribution in [1.82, 2.24) is 15.2 Å². The van der Waals surface area contributed by atoms with Gasteiger partial charge in [0.05, 0.1) is 11.1 Å². The highest BCUT2D eigenvalue weighted by Crippen LogP contribution is 2.43. The number of halogens is 2. The van der Waals surface area contributed by atoms with Crippen LogP contribution in [0.4, 0.5) is 8.78 Å². The Morgan fingerprint density at radius 1 is 0.885 bits per heavy atom. The van der Waals surface area contributed by atoms with Crippen LogP contribution in [0.25, 0.3) is 11.0 Å². The molecular formula is C20H18F2N4. The van der Waals surface area contributed by atoms with Gasteiger partial charge in [-0.3, -0.25) is 4.99 Å². The zero-order valence-electron chi connectivity index (χ0n) is 15.0. The maximum absolute atomic E-state index is 13.9. The van der Waals surface area contributed by atoms with E-state index in [1.54, 1.807) is 0 Å². The van der Waals surface area contributed by atoms with Crippen LogP contribution < -0.4 is 0 Å². The molecule has 2 heterocycles. The number of aromatic nitrogens is 3. The van der Waals surface area contributed by atoms with Crippen molar-refractivity contribution in [3.8, 4) is 0 Å². The number of hydrogen-bond acceptors (Lipinski definition) is 4. The van der Waals surface area contributed by atoms with E-state index in [1.807, 2.05) is 18.2 Å². The molecule has 0 bridgehead atoms. The average molecular weight is 352 g/mol. The Kier molecular flexibility index (Phi) is 3.45. The molecule has 4 rings (SSSR count). The van der Waals surface area contributed by atoms with Crippen LogP contribution in [0.2, 0.25) is 0 Å². The van der Waals surface area contributed by atoms with E-state index in [1.165, 1.54) is 6.07 Å². The highest BCUT2D eigenvalue weighted by Gasteiger charge is 2.44. The predicted molar refractivity (Wildman–Crippen MR) is 96.4 cm³/mol. The third-order valence-electron chi connectivity index (χ3n) is 5.51. The van der Waals surface area contributed by atoms with E-state index in [2.05, 4.69) is 48.9 Å². The summed E-state index contributed by atoms with van der Waals surface area (Å²) in [5.74, 6) is -1.70. The van der Waals surface area contributed by atoms with Crippen LogP contribution in [0.1, 0.15) is 44.6 Å². The number of hydrogen-bond donors (Lipinski definition) is 0. The Balaban J connectivity index is 1.97. The first-order valence-electron chi connectivity index (χ1n) is 8.41. The molecule has 0 atom stereocenters. The van der Waals surface area contributed by atoms with Crippen LogP contribution in [0, 0.1) is 11.6 Å². The van der Waals surface area contributed by atoms with Crippen LogP contribution in [0.5, 0.6) is 0 Å². The lowest BCUT2D eigenvalue weighted by molar-refractivity contribution is 0.303. The van der Waals surface area contributed by atoms with Gasteiger partial charge in [0, 0.05) is 11.0 Å². The molecule has 0 amide bonds. The summed E-state index contributed by atoms with van der Waals surface area (Å²) in [6, 6.07) is 10.4. The van der Waals surface area contributed by atoms with Crippen molar-refractivity contribution in [1.29, 1.82) is 0 Å². The van der Waals surface area contributed by atoms with Crippen molar-refractivity contribution in [3.05, 3.63) is 65.0 Å². The first-order chi connectivity index (χ1) is 12.2. The molecule has 1 aromatic heterocycles. The number of nitrogens with zero attached hydrogens (tertiary/aromatic N) is 4. The largest absolute Gasteiger partial charge is 0.274 e. The quantitative estimate of drug-likeness (QED) is 0.659. The molecule has 0 radical (unpaired) electrons. The van der Waals surface area contributed by atoms with Gasteiger partial charge in [0.15, 0.2) is 17.2 Å². The van der Waals surface area contributed by atoms with Crippen LogP contribution in [0.15, 0.2) is 41.4 Å². The van der Waals surface area contributed by atoms with E-state index < -0.39 is 17.2 Å². The Bertz CT molecular complexity index is 1070. The minimum atomic E-state index is -1.04. The van der Waals surface area contributed by atoms with Gasteiger partial charge in [-0.2, -0.15) is 0 Å². The van der Waals surface area contributed by atoms with Crippen molar-refractivity contribution in [2.24, 2.45) is 4.99 Å². The molecule has 0 N–H and O–H groups in total. The average Bonchev–Trinajstić information content (AvgIpc) is 2.61. The van der Waals surface area contributed by atoms with Crippen LogP contribution >= 0.6 is 0 Å². The molecule has 0 saturated carbocycles. The highest BCUT2D eigenvalue weighted by molar-refractivity contribution is 6.13. The highest BCUT2D eigenvalue weighted by atomic mass is 19.2. The van der Waals surface area contributed by atoms with E-state index >= 15 is 0 Å². The Labute approximate surface area is 150 Å². The summed E-state index contributed by atoms with van der Waals surface area (Å²) in [6.45, 7) is 8.44. The van der Waals surface area contributed by atoms with Gasteiger partial charge >= 0.3 is 0 Å². The molecule has 3 aromatic rings. The number of fused-ring (bicyclic) bond motifs is 2. The molecule has 1 aliphatic rings. The molecule has 1 aliphatic heterocycles. The van der Waals surface area contributed by atoms with Gasteiger partial charge in [-0.1, -0.05) is 38.1 Å². The van der Waals surface area contributed by atoms with E-state index in [0.29, 0.717) is 11.5 Å². The Morgan fingerprint density at radius 2 is 1.62 bits per heavy atom. The van der Waals surface area contributed by atoms with Crippen LogP contribution in [-0.4, -0.2) is 26.4 Å². The van der Waals surface area contributed by atoms with E-state index in [0.717, 1.165) is 17.2 Å². The van der Waals surface area contributed by atoms with Crippen LogP contribution in [-0.2, 0) is 5.41 Å². The summed E-state index contributed by atoms with van der Waals surface area (Å²) in [5.41, 5.74) is 2.17. The lowest BCUT2D eigenvalue weighted by Gasteiger charge is -2.44. The van der Waals surface area contributed by atoms with Gasteiger partial charge in [-0.05, 0) is 31.5 Å². The zero-order valence-corrected chi connectivity index (χ0v) is 15.0. The summed E-state index contributed by atoms with van der Waals surface area (Å²) in [7, 11) is 0. The third-order valence-corrected chi connectivity index (χ3v) is 5.51. The third kappa shape index (κ3) is 2.25. The summed E-state index contributed by atoms with van der Waals surface area (Å²) in [6.07, 6.45) is 0. The lowest BCUT2D eigenvalue weighted by Crippen LogP contribution is -2.46. The van der Waals surface area contributed by atoms with Crippen molar-refractivity contribution in [2.45, 2.75) is 38.6 Å². The second kappa shape index (κ2) is 5.37. The number of aliphatic imine (C=N–C) groups is 1. The van der Waals surface area contributed by atoms with E-state index in [-0.39, 0.29) is 16.4 Å². The molecule has 2 aromatic carbocycles. The lowest BCUT2D eigenvalue weighted by atomic mass is 9.66. The normalized spacial score (nSPS) is 17.7. The van der Waals surface area contributed by atoms with Gasteiger partial charge in [0.2, 0.25) is 5.82 Å². The monoisotopic (exact) mass is 352 g/mol. The number of rotatable bonds is 1. The molecule has 0 spiro atoms. The van der Waals surface area contributed by atoms with Gasteiger partial charge in [-0.15, -0.1) is 10.2 Å². The van der Waals surface area contributed by atoms with E-state index in [9.17, 15) is 8.78 Å². The molecule has 0 aliphatic carbocycles. The minimum absolute atomic E-state index is 0.182. The maximum Gasteiger partial charge on any atom is 0.201 e. The molecule has 0 saturated heterocycles. The summed E-state index contributed by atoms with van der Waals surface area (Å²) >= 11 is 0. The first-order valence-corrected chi connectivity index (χ1v) is 8.41. The molecule has 0 unspecified atom stereocenters. The number of benzene rings is 2. The molecule has 26 heavy (non-hydrogen) atoms. The topological polar surface area (TPSA) is 51.0 Å². The minimum Gasteiger partial charge on any atom is -0.274 e.